The van der Waals surface area contributed by atoms with Crippen molar-refractivity contribution in [3.8, 4) is 0 Å². The molecule has 0 rings (SSSR count). The summed E-state index contributed by atoms with van der Waals surface area (Å²) in [6.07, 6.45) is 25.0. The maximum Gasteiger partial charge on any atom is 0.337 e. The zero-order valence-electron chi connectivity index (χ0n) is 19.5. The van der Waals surface area contributed by atoms with E-state index in [9.17, 15) is 0 Å². The first-order valence-corrected chi connectivity index (χ1v) is 14.6. The van der Waals surface area contributed by atoms with Gasteiger partial charge in [0, 0.05) is 14.2 Å². The highest BCUT2D eigenvalue weighted by Gasteiger charge is 2.33. The van der Waals surface area contributed by atoms with Gasteiger partial charge in [-0.2, -0.15) is 0 Å². The van der Waals surface area contributed by atoms with Crippen LogP contribution in [0.5, 0.6) is 0 Å². The van der Waals surface area contributed by atoms with Crippen LogP contribution < -0.4 is 0 Å². The fourth-order valence-corrected chi connectivity index (χ4v) is 6.84. The van der Waals surface area contributed by atoms with Crippen LogP contribution in [0.3, 0.4) is 0 Å². The Morgan fingerprint density at radius 3 is 0.926 bits per heavy atom. The van der Waals surface area contributed by atoms with Gasteiger partial charge in [0.1, 0.15) is 0 Å². The topological polar surface area (TPSA) is 18.5 Å². The highest BCUT2D eigenvalue weighted by atomic mass is 28.4. The van der Waals surface area contributed by atoms with E-state index >= 15 is 0 Å². The van der Waals surface area contributed by atoms with Gasteiger partial charge in [0.2, 0.25) is 0 Å². The summed E-state index contributed by atoms with van der Waals surface area (Å²) in [6, 6.07) is 2.37. The molecule has 0 aliphatic heterocycles. The minimum absolute atomic E-state index is 1.19. The van der Waals surface area contributed by atoms with Gasteiger partial charge < -0.3 is 8.85 Å². The van der Waals surface area contributed by atoms with Crippen LogP contribution in [0.2, 0.25) is 12.1 Å². The van der Waals surface area contributed by atoms with Crippen LogP contribution in [0.25, 0.3) is 0 Å². The van der Waals surface area contributed by atoms with Gasteiger partial charge in [-0.3, -0.25) is 0 Å². The predicted molar refractivity (Wildman–Crippen MR) is 124 cm³/mol. The summed E-state index contributed by atoms with van der Waals surface area (Å²) in [5.41, 5.74) is 0. The third-order valence-electron chi connectivity index (χ3n) is 6.07. The maximum atomic E-state index is 5.94. The van der Waals surface area contributed by atoms with E-state index in [1.165, 1.54) is 128 Å². The maximum absolute atomic E-state index is 5.94. The number of hydrogen-bond donors (Lipinski definition) is 0. The molecule has 0 radical (unpaired) electrons. The molecule has 0 aromatic carbocycles. The molecule has 0 aliphatic carbocycles. The minimum Gasteiger partial charge on any atom is -0.398 e. The summed E-state index contributed by atoms with van der Waals surface area (Å²) in [5.74, 6) is 0. The lowest BCUT2D eigenvalue weighted by Gasteiger charge is -2.27. The average molecular weight is 401 g/mol. The van der Waals surface area contributed by atoms with Crippen molar-refractivity contribution in [1.82, 2.24) is 0 Å². The predicted octanol–water partition coefficient (Wildman–Crippen LogP) is 8.78. The van der Waals surface area contributed by atoms with Crippen LogP contribution in [0.1, 0.15) is 129 Å². The molecule has 0 aromatic rings. The zero-order valence-corrected chi connectivity index (χ0v) is 20.5. The molecule has 0 aromatic heterocycles. The van der Waals surface area contributed by atoms with Crippen LogP contribution >= 0.6 is 0 Å². The van der Waals surface area contributed by atoms with E-state index in [2.05, 4.69) is 13.8 Å². The lowest BCUT2D eigenvalue weighted by Crippen LogP contribution is -2.39. The molecule has 0 spiro atoms. The van der Waals surface area contributed by atoms with Crippen LogP contribution in [0.4, 0.5) is 0 Å². The second kappa shape index (κ2) is 20.9. The van der Waals surface area contributed by atoms with E-state index in [1.807, 2.05) is 14.2 Å². The molecule has 0 unspecified atom stereocenters. The Morgan fingerprint density at radius 2 is 0.667 bits per heavy atom. The van der Waals surface area contributed by atoms with Gasteiger partial charge >= 0.3 is 8.56 Å². The van der Waals surface area contributed by atoms with Gasteiger partial charge in [-0.05, 0) is 12.1 Å². The Morgan fingerprint density at radius 1 is 0.407 bits per heavy atom. The molecule has 0 amide bonds. The summed E-state index contributed by atoms with van der Waals surface area (Å²) in [4.78, 5) is 0. The van der Waals surface area contributed by atoms with E-state index in [1.54, 1.807) is 0 Å². The van der Waals surface area contributed by atoms with Crippen molar-refractivity contribution in [2.24, 2.45) is 0 Å². The third kappa shape index (κ3) is 16.8. The number of hydrogen-bond acceptors (Lipinski definition) is 2. The van der Waals surface area contributed by atoms with Crippen LogP contribution in [0.15, 0.2) is 0 Å². The monoisotopic (exact) mass is 400 g/mol. The van der Waals surface area contributed by atoms with E-state index in [-0.39, 0.29) is 0 Å². The molecular formula is C24H52O2Si. The van der Waals surface area contributed by atoms with Crippen LogP contribution in [-0.4, -0.2) is 22.8 Å². The molecule has 0 saturated carbocycles. The lowest BCUT2D eigenvalue weighted by molar-refractivity contribution is 0.238. The molecule has 0 heterocycles. The SMILES string of the molecule is CCCCCCCCCCCCC[Si](CCCCCCCCC)(OC)OC. The Bertz CT molecular complexity index is 280. The van der Waals surface area contributed by atoms with Crippen molar-refractivity contribution in [3.63, 3.8) is 0 Å². The molecule has 0 fully saturated rings. The summed E-state index contributed by atoms with van der Waals surface area (Å²) in [6.45, 7) is 4.57. The zero-order chi connectivity index (χ0) is 20.1. The smallest absolute Gasteiger partial charge is 0.337 e. The van der Waals surface area contributed by atoms with Gasteiger partial charge in [0.15, 0.2) is 0 Å². The second-order valence-corrected chi connectivity index (χ2v) is 12.1. The summed E-state index contributed by atoms with van der Waals surface area (Å²) in [7, 11) is 1.86. The number of unbranched alkanes of at least 4 members (excludes halogenated alkanes) is 16. The van der Waals surface area contributed by atoms with Crippen molar-refractivity contribution in [3.05, 3.63) is 0 Å². The minimum atomic E-state index is -1.91. The Balaban J connectivity index is 3.64. The van der Waals surface area contributed by atoms with Crippen molar-refractivity contribution in [1.29, 1.82) is 0 Å². The van der Waals surface area contributed by atoms with Gasteiger partial charge in [-0.1, -0.05) is 129 Å². The van der Waals surface area contributed by atoms with Gasteiger partial charge in [0.05, 0.1) is 0 Å². The molecule has 164 valence electrons. The van der Waals surface area contributed by atoms with E-state index in [0.29, 0.717) is 0 Å². The fraction of sp³-hybridized carbons (Fsp3) is 1.00. The van der Waals surface area contributed by atoms with Crippen LogP contribution in [-0.2, 0) is 8.85 Å². The quantitative estimate of drug-likeness (QED) is 0.133. The van der Waals surface area contributed by atoms with Crippen LogP contribution in [0, 0.1) is 0 Å². The average Bonchev–Trinajstić information content (AvgIpc) is 2.70. The summed E-state index contributed by atoms with van der Waals surface area (Å²) in [5, 5.41) is 0. The molecule has 0 saturated heterocycles. The Labute approximate surface area is 173 Å². The van der Waals surface area contributed by atoms with E-state index < -0.39 is 8.56 Å². The number of rotatable bonds is 22. The Hall–Kier alpha value is 0.137. The molecule has 0 aliphatic rings. The first-order chi connectivity index (χ1) is 13.2. The molecule has 0 atom stereocenters. The van der Waals surface area contributed by atoms with Gasteiger partial charge in [-0.15, -0.1) is 0 Å². The normalized spacial score (nSPS) is 12.0. The molecule has 0 N–H and O–H groups in total. The van der Waals surface area contributed by atoms with Crippen molar-refractivity contribution in [2.45, 2.75) is 142 Å². The highest BCUT2D eigenvalue weighted by molar-refractivity contribution is 6.67. The summed E-state index contributed by atoms with van der Waals surface area (Å²) < 4.78 is 11.9. The molecule has 0 bridgehead atoms. The molecular weight excluding hydrogens is 348 g/mol. The highest BCUT2D eigenvalue weighted by Crippen LogP contribution is 2.25. The first kappa shape index (κ1) is 27.1. The second-order valence-electron chi connectivity index (χ2n) is 8.48. The lowest BCUT2D eigenvalue weighted by atomic mass is 10.1. The molecule has 3 heteroatoms. The largest absolute Gasteiger partial charge is 0.398 e. The van der Waals surface area contributed by atoms with Gasteiger partial charge in [0.25, 0.3) is 0 Å². The van der Waals surface area contributed by atoms with E-state index in [0.717, 1.165) is 0 Å². The first-order valence-electron chi connectivity index (χ1n) is 12.3. The molecule has 2 nitrogen and oxygen atoms in total. The van der Waals surface area contributed by atoms with E-state index in [4.69, 9.17) is 8.85 Å². The van der Waals surface area contributed by atoms with Crippen molar-refractivity contribution >= 4 is 8.56 Å². The third-order valence-corrected chi connectivity index (χ3v) is 9.79. The standard InChI is InChI=1S/C24H52O2Si/c1-5-7-9-11-13-14-15-16-18-20-22-24-27(25-3,26-4)23-21-19-17-12-10-8-6-2/h5-24H2,1-4H3. The van der Waals surface area contributed by atoms with Crippen molar-refractivity contribution in [2.75, 3.05) is 14.2 Å². The molecule has 27 heavy (non-hydrogen) atoms. The van der Waals surface area contributed by atoms with Crippen molar-refractivity contribution < 1.29 is 8.85 Å². The summed E-state index contributed by atoms with van der Waals surface area (Å²) >= 11 is 0. The van der Waals surface area contributed by atoms with Gasteiger partial charge in [-0.25, -0.2) is 0 Å². The fourth-order valence-electron chi connectivity index (χ4n) is 4.03. The Kier molecular flexibility index (Phi) is 21.0.